The van der Waals surface area contributed by atoms with Crippen LogP contribution in [0, 0.1) is 5.41 Å². The Morgan fingerprint density at radius 2 is 1.78 bits per heavy atom. The van der Waals surface area contributed by atoms with Crippen molar-refractivity contribution in [3.63, 3.8) is 0 Å². The number of nitrogens with zero attached hydrogens (tertiary/aromatic N) is 1. The van der Waals surface area contributed by atoms with E-state index in [2.05, 4.69) is 15.5 Å². The van der Waals surface area contributed by atoms with E-state index in [-0.39, 0.29) is 6.54 Å². The molecule has 6 nitrogen and oxygen atoms in total. The van der Waals surface area contributed by atoms with Gasteiger partial charge in [-0.3, -0.25) is 0 Å². The number of carbonyl (C=O) groups excluding carboxylic acids is 1. The topological polar surface area (TPSA) is 77.5 Å². The number of benzene rings is 2. The monoisotopic (exact) mass is 462 g/mol. The third-order valence-electron chi connectivity index (χ3n) is 4.32. The highest BCUT2D eigenvalue weighted by Crippen LogP contribution is 2.29. The Morgan fingerprint density at radius 3 is 2.34 bits per heavy atom. The molecule has 1 heterocycles. The predicted octanol–water partition coefficient (Wildman–Crippen LogP) is 5.50. The molecule has 1 saturated heterocycles. The third kappa shape index (κ3) is 10.2. The van der Waals surface area contributed by atoms with E-state index in [1.807, 2.05) is 70.2 Å². The van der Waals surface area contributed by atoms with Crippen LogP contribution in [0.25, 0.3) is 0 Å². The van der Waals surface area contributed by atoms with Crippen LogP contribution in [0.3, 0.4) is 0 Å². The fourth-order valence-electron chi connectivity index (χ4n) is 2.88. The molecule has 3 N–H and O–H groups in total. The summed E-state index contributed by atoms with van der Waals surface area (Å²) in [5.41, 5.74) is 3.35. The molecule has 2 aromatic rings. The van der Waals surface area contributed by atoms with Crippen LogP contribution in [0.4, 0.5) is 11.4 Å². The molecule has 32 heavy (non-hydrogen) atoms. The van der Waals surface area contributed by atoms with E-state index in [4.69, 9.17) is 21.7 Å². The first-order chi connectivity index (χ1) is 15.6. The Hall–Kier alpha value is -2.57. The van der Waals surface area contributed by atoms with E-state index < -0.39 is 0 Å². The van der Waals surface area contributed by atoms with Crippen LogP contribution in [0.1, 0.15) is 40.2 Å². The van der Waals surface area contributed by atoms with Gasteiger partial charge >= 0.3 is 0 Å². The normalized spacial score (nSPS) is 11.9. The van der Waals surface area contributed by atoms with Crippen molar-refractivity contribution in [1.29, 1.82) is 5.41 Å². The van der Waals surface area contributed by atoms with Crippen molar-refractivity contribution >= 4 is 35.0 Å². The van der Waals surface area contributed by atoms with Crippen LogP contribution in [-0.2, 0) is 4.79 Å². The average Bonchev–Trinajstić information content (AvgIpc) is 2.86. The van der Waals surface area contributed by atoms with Gasteiger partial charge in [-0.2, -0.15) is 0 Å². The molecule has 0 bridgehead atoms. The molecular formula is C25H39ClN4O2. The Kier molecular flexibility index (Phi) is 16.6. The number of halogens is 1. The summed E-state index contributed by atoms with van der Waals surface area (Å²) in [6, 6.07) is 13.4. The van der Waals surface area contributed by atoms with E-state index in [1.54, 1.807) is 14.0 Å². The second-order valence-corrected chi connectivity index (χ2v) is 6.68. The molecule has 0 aromatic heterocycles. The number of hydrogen-bond acceptors (Lipinski definition) is 6. The first kappa shape index (κ1) is 29.4. The zero-order valence-corrected chi connectivity index (χ0v) is 21.1. The molecule has 1 aliphatic heterocycles. The number of para-hydroxylation sites is 1. The molecule has 0 unspecified atom stereocenters. The molecule has 0 spiro atoms. The molecular weight excluding hydrogens is 424 g/mol. The largest absolute Gasteiger partial charge is 0.495 e. The zero-order chi connectivity index (χ0) is 24.4. The number of methoxy groups -OCH3 is 1. The van der Waals surface area contributed by atoms with Gasteiger partial charge in [0.05, 0.1) is 18.7 Å². The first-order valence-corrected chi connectivity index (χ1v) is 11.6. The minimum atomic E-state index is 0.282. The molecule has 2 aromatic carbocycles. The van der Waals surface area contributed by atoms with Gasteiger partial charge in [0, 0.05) is 54.9 Å². The van der Waals surface area contributed by atoms with Gasteiger partial charge in [0.25, 0.3) is 0 Å². The number of hydrogen-bond donors (Lipinski definition) is 3. The quantitative estimate of drug-likeness (QED) is 0.390. The molecule has 0 atom stereocenters. The molecule has 1 aliphatic rings. The van der Waals surface area contributed by atoms with Gasteiger partial charge in [0.1, 0.15) is 12.0 Å². The molecule has 0 radical (unpaired) electrons. The maximum absolute atomic E-state index is 10.1. The fraction of sp³-hybridized carbons (Fsp3) is 0.440. The molecule has 1 fully saturated rings. The third-order valence-corrected chi connectivity index (χ3v) is 4.64. The Bertz CT molecular complexity index is 793. The van der Waals surface area contributed by atoms with Crippen molar-refractivity contribution < 1.29 is 9.53 Å². The number of nitrogens with one attached hydrogen (secondary N) is 3. The van der Waals surface area contributed by atoms with Gasteiger partial charge in [0.2, 0.25) is 0 Å². The molecule has 0 aliphatic carbocycles. The van der Waals surface area contributed by atoms with Crippen LogP contribution in [-0.4, -0.2) is 51.8 Å². The number of anilines is 2. The SMILES string of the molecule is CC.CC.CC(=N)c1ccccc1NCC=O.COc1cc(N2CCNCC2)ccc1Cl. The standard InChI is InChI=1S/C11H15ClN2O.C10H12N2O.2C2H6/c1-15-11-8-9(2-3-10(11)12)14-6-4-13-5-7-14;1-8(11)9-4-2-3-5-10(9)12-6-7-13;2*1-2/h2-3,8,13H,4-7H2,1H3;2-5,7,11-12H,6H2,1H3;2*1-2H3. The first-order valence-electron chi connectivity index (χ1n) is 11.2. The van der Waals surface area contributed by atoms with Crippen molar-refractivity contribution in [3.8, 4) is 5.75 Å². The van der Waals surface area contributed by atoms with E-state index in [9.17, 15) is 4.79 Å². The summed E-state index contributed by atoms with van der Waals surface area (Å²) in [4.78, 5) is 12.5. The van der Waals surface area contributed by atoms with E-state index in [0.29, 0.717) is 10.7 Å². The molecule has 3 rings (SSSR count). The van der Waals surface area contributed by atoms with E-state index in [0.717, 1.165) is 49.5 Å². The van der Waals surface area contributed by atoms with Crippen molar-refractivity contribution in [3.05, 3.63) is 53.1 Å². The van der Waals surface area contributed by atoms with Gasteiger partial charge in [-0.15, -0.1) is 0 Å². The highest BCUT2D eigenvalue weighted by molar-refractivity contribution is 6.32. The van der Waals surface area contributed by atoms with Crippen molar-refractivity contribution in [1.82, 2.24) is 5.32 Å². The number of carbonyl (C=O) groups is 1. The van der Waals surface area contributed by atoms with Crippen LogP contribution in [0.15, 0.2) is 42.5 Å². The lowest BCUT2D eigenvalue weighted by Crippen LogP contribution is -2.43. The van der Waals surface area contributed by atoms with Crippen molar-refractivity contribution in [2.45, 2.75) is 34.6 Å². The van der Waals surface area contributed by atoms with Gasteiger partial charge in [-0.05, 0) is 25.1 Å². The summed E-state index contributed by atoms with van der Waals surface area (Å²) in [6.07, 6.45) is 0.802. The van der Waals surface area contributed by atoms with Crippen LogP contribution in [0.2, 0.25) is 5.02 Å². The van der Waals surface area contributed by atoms with Crippen LogP contribution in [0.5, 0.6) is 5.75 Å². The second kappa shape index (κ2) is 18.0. The number of ether oxygens (including phenoxy) is 1. The molecule has 0 saturated carbocycles. The molecule has 0 amide bonds. The molecule has 7 heteroatoms. The highest BCUT2D eigenvalue weighted by atomic mass is 35.5. The number of piperazine rings is 1. The summed E-state index contributed by atoms with van der Waals surface area (Å²) in [7, 11) is 1.64. The Morgan fingerprint density at radius 1 is 1.16 bits per heavy atom. The lowest BCUT2D eigenvalue weighted by Gasteiger charge is -2.29. The van der Waals surface area contributed by atoms with E-state index in [1.165, 1.54) is 5.69 Å². The maximum atomic E-state index is 10.1. The van der Waals surface area contributed by atoms with Crippen LogP contribution < -0.4 is 20.3 Å². The lowest BCUT2D eigenvalue weighted by atomic mass is 10.1. The maximum Gasteiger partial charge on any atom is 0.139 e. The highest BCUT2D eigenvalue weighted by Gasteiger charge is 2.12. The summed E-state index contributed by atoms with van der Waals surface area (Å²) < 4.78 is 5.20. The van der Waals surface area contributed by atoms with Crippen molar-refractivity contribution in [2.75, 3.05) is 50.1 Å². The predicted molar refractivity (Wildman–Crippen MR) is 139 cm³/mol. The molecule has 178 valence electrons. The minimum absolute atomic E-state index is 0.282. The average molecular weight is 463 g/mol. The minimum Gasteiger partial charge on any atom is -0.495 e. The Balaban J connectivity index is 0.000000525. The van der Waals surface area contributed by atoms with Crippen molar-refractivity contribution in [2.24, 2.45) is 0 Å². The van der Waals surface area contributed by atoms with Crippen LogP contribution >= 0.6 is 11.6 Å². The summed E-state index contributed by atoms with van der Waals surface area (Å²) >= 11 is 5.98. The summed E-state index contributed by atoms with van der Waals surface area (Å²) in [6.45, 7) is 14.1. The summed E-state index contributed by atoms with van der Waals surface area (Å²) in [5.74, 6) is 0.743. The Labute approximate surface area is 198 Å². The summed E-state index contributed by atoms with van der Waals surface area (Å²) in [5, 5.41) is 14.4. The van der Waals surface area contributed by atoms with E-state index >= 15 is 0 Å². The van der Waals surface area contributed by atoms with Gasteiger partial charge < -0.3 is 30.5 Å². The number of rotatable bonds is 6. The zero-order valence-electron chi connectivity index (χ0n) is 20.3. The lowest BCUT2D eigenvalue weighted by molar-refractivity contribution is -0.106. The fourth-order valence-corrected chi connectivity index (χ4v) is 3.08. The van der Waals surface area contributed by atoms with Gasteiger partial charge in [-0.25, -0.2) is 0 Å². The van der Waals surface area contributed by atoms with Gasteiger partial charge in [0.15, 0.2) is 0 Å². The number of aldehydes is 1. The second-order valence-electron chi connectivity index (χ2n) is 6.27. The smallest absolute Gasteiger partial charge is 0.139 e. The van der Waals surface area contributed by atoms with Gasteiger partial charge in [-0.1, -0.05) is 57.5 Å².